The number of fused-ring (bicyclic) bond motifs is 5. The molecule has 0 saturated carbocycles. The number of anilines is 2. The number of imidazole rings is 2. The molecule has 28 heteroatoms. The van der Waals surface area contributed by atoms with Gasteiger partial charge in [-0.15, -0.1) is 0 Å². The van der Waals surface area contributed by atoms with E-state index in [0.717, 1.165) is 28.1 Å². The van der Waals surface area contributed by atoms with E-state index in [0.29, 0.717) is 11.4 Å². The fourth-order valence-corrected chi connectivity index (χ4v) is 9.41. The first-order valence-corrected chi connectivity index (χ1v) is 20.1. The van der Waals surface area contributed by atoms with Crippen LogP contribution < -0.4 is 17.0 Å². The Balaban J connectivity index is 1.23. The second kappa shape index (κ2) is 14.4. The number of alkyl halides is 1. The molecule has 2 bridgehead atoms. The van der Waals surface area contributed by atoms with Crippen LogP contribution in [0.1, 0.15) is 26.3 Å². The highest BCUT2D eigenvalue weighted by atomic mass is 32.7. The molecular weight excluding hydrogens is 777 g/mol. The van der Waals surface area contributed by atoms with Gasteiger partial charge in [0.1, 0.15) is 42.4 Å². The molecule has 0 aliphatic carbocycles. The number of aromatic amines is 1. The molecule has 4 aromatic heterocycles. The summed E-state index contributed by atoms with van der Waals surface area (Å²) in [5.41, 5.74) is 10.7. The quantitative estimate of drug-likeness (QED) is 0.103. The molecule has 0 radical (unpaired) electrons. The average molecular weight is 809 g/mol. The van der Waals surface area contributed by atoms with E-state index in [1.54, 1.807) is 13.8 Å². The van der Waals surface area contributed by atoms with Gasteiger partial charge in [0.15, 0.2) is 47.2 Å². The number of hydrogen-bond donors (Lipinski definition) is 5. The zero-order valence-electron chi connectivity index (χ0n) is 27.3. The zero-order valence-corrected chi connectivity index (χ0v) is 29.9. The van der Waals surface area contributed by atoms with Gasteiger partial charge in [0.25, 0.3) is 5.56 Å². The van der Waals surface area contributed by atoms with Crippen molar-refractivity contribution in [3.63, 3.8) is 0 Å². The first-order valence-electron chi connectivity index (χ1n) is 15.5. The van der Waals surface area contributed by atoms with Crippen molar-refractivity contribution in [2.45, 2.75) is 69.1 Å². The molecule has 3 aliphatic rings. The van der Waals surface area contributed by atoms with Crippen LogP contribution >= 0.6 is 26.0 Å². The first kappa shape index (κ1) is 37.5. The van der Waals surface area contributed by atoms with Gasteiger partial charge in [0, 0.05) is 11.4 Å². The number of H-pyrrole nitrogens is 1. The number of ether oxygens (including phenoxy) is 4. The van der Waals surface area contributed by atoms with Crippen LogP contribution in [-0.4, -0.2) is 117 Å². The summed E-state index contributed by atoms with van der Waals surface area (Å²) in [7, 11) is -5.20. The number of carbonyl (C=O) groups excluding carboxylic acids is 1. The SMILES string of the molecule is CC(C)OC(=O)OCSP1(=O)OC[C@H]2O[C@@H](n3cnc4c(N)ncnc43)[C@@H](F)C2OP(=O)(O)OC[C@H]2O[C@@H](n3cnc4c(=O)[nH]c(N)nc43)[C@@H](O1)C2O. The van der Waals surface area contributed by atoms with Crippen molar-refractivity contribution in [3.8, 4) is 0 Å². The largest absolute Gasteiger partial charge is 0.509 e. The van der Waals surface area contributed by atoms with Crippen molar-refractivity contribution in [2.75, 3.05) is 30.6 Å². The second-order valence-electron chi connectivity index (χ2n) is 11.9. The predicted molar refractivity (Wildman–Crippen MR) is 175 cm³/mol. The summed E-state index contributed by atoms with van der Waals surface area (Å²) in [5.74, 6) is -0.996. The average Bonchev–Trinajstić information content (AvgIpc) is 3.84. The Kier molecular flexibility index (Phi) is 10.2. The van der Waals surface area contributed by atoms with Gasteiger partial charge in [0.05, 0.1) is 32.0 Å². The number of nitrogens with zero attached hydrogens (tertiary/aromatic N) is 7. The minimum absolute atomic E-state index is 0.0146. The van der Waals surface area contributed by atoms with Gasteiger partial charge >= 0.3 is 20.8 Å². The van der Waals surface area contributed by atoms with Gasteiger partial charge < -0.3 is 40.4 Å². The van der Waals surface area contributed by atoms with Crippen molar-refractivity contribution in [2.24, 2.45) is 0 Å². The number of halogens is 1. The van der Waals surface area contributed by atoms with Crippen molar-refractivity contribution in [1.82, 2.24) is 39.0 Å². The second-order valence-corrected chi connectivity index (χ2v) is 17.3. The number of rotatable bonds is 6. The third-order valence-electron chi connectivity index (χ3n) is 7.99. The molecule has 0 spiro atoms. The summed E-state index contributed by atoms with van der Waals surface area (Å²) in [6.07, 6.45) is -12.1. The van der Waals surface area contributed by atoms with Crippen LogP contribution in [0.2, 0.25) is 0 Å². The standard InChI is InChI=1S/C25H31FN10O14P2S/c1-9(2)46-25(39)43-8-53-52(42)45-4-11-16(12(26)22(48-11)35-6-31-13-18(27)29-5-30-19(13)35)49-51(40,41)44-3-10-15(37)17(50-52)23(47-10)36-7-32-14-20(36)33-24(28)34-21(14)38/h5-7,9-12,15-17,22-23,37H,3-4,8H2,1-2H3,(H,40,41)(H2,27,29,30)(H3,28,33,34,38)/t10-,11-,12+,15?,16?,17+,22-,23-,52?/m1/s1. The van der Waals surface area contributed by atoms with Crippen LogP contribution in [0.5, 0.6) is 0 Å². The van der Waals surface area contributed by atoms with Crippen LogP contribution in [-0.2, 0) is 46.2 Å². The third-order valence-corrected chi connectivity index (χ3v) is 12.3. The molecule has 7 N–H and O–H groups in total. The molecule has 24 nitrogen and oxygen atoms in total. The molecule has 7 rings (SSSR count). The maximum atomic E-state index is 16.3. The van der Waals surface area contributed by atoms with Crippen LogP contribution in [0.3, 0.4) is 0 Å². The summed E-state index contributed by atoms with van der Waals surface area (Å²) in [6, 6.07) is 0. The fraction of sp³-hybridized carbons (Fsp3) is 0.560. The molecule has 4 aromatic rings. The van der Waals surface area contributed by atoms with Crippen molar-refractivity contribution < 1.29 is 65.4 Å². The Morgan fingerprint density at radius 1 is 1.04 bits per heavy atom. The molecule has 0 aromatic carbocycles. The molecular formula is C25H31FN10O14P2S. The van der Waals surface area contributed by atoms with E-state index in [1.165, 1.54) is 0 Å². The van der Waals surface area contributed by atoms with Crippen LogP contribution in [0.25, 0.3) is 22.3 Å². The summed E-state index contributed by atoms with van der Waals surface area (Å²) in [4.78, 5) is 57.7. The van der Waals surface area contributed by atoms with Gasteiger partial charge in [-0.2, -0.15) is 4.98 Å². The molecule has 0 amide bonds. The zero-order chi connectivity index (χ0) is 37.8. The Hall–Kier alpha value is -3.81. The summed E-state index contributed by atoms with van der Waals surface area (Å²) >= 11 is 0.330. The number of nitrogens with two attached hydrogens (primary N) is 2. The molecule has 3 aliphatic heterocycles. The van der Waals surface area contributed by atoms with E-state index in [9.17, 15) is 28.7 Å². The normalized spacial score (nSPS) is 33.7. The minimum atomic E-state index is -5.20. The molecule has 3 saturated heterocycles. The summed E-state index contributed by atoms with van der Waals surface area (Å²) in [5, 5.41) is 11.4. The Morgan fingerprint density at radius 2 is 1.74 bits per heavy atom. The molecule has 4 unspecified atom stereocenters. The van der Waals surface area contributed by atoms with Crippen LogP contribution in [0.4, 0.5) is 21.0 Å². The molecule has 10 atom stereocenters. The fourth-order valence-electron chi connectivity index (χ4n) is 5.69. The molecule has 7 heterocycles. The Morgan fingerprint density at radius 3 is 2.49 bits per heavy atom. The van der Waals surface area contributed by atoms with Crippen molar-refractivity contribution in [1.29, 1.82) is 0 Å². The smallest absolute Gasteiger partial charge is 0.432 e. The number of aliphatic hydroxyl groups is 1. The maximum Gasteiger partial charge on any atom is 0.509 e. The highest BCUT2D eigenvalue weighted by Crippen LogP contribution is 2.64. The molecule has 3 fully saturated rings. The van der Waals surface area contributed by atoms with E-state index in [4.69, 9.17) is 48.5 Å². The van der Waals surface area contributed by atoms with E-state index < -0.39 is 101 Å². The number of carbonyl (C=O) groups is 1. The number of phosphoric ester groups is 1. The molecule has 53 heavy (non-hydrogen) atoms. The van der Waals surface area contributed by atoms with E-state index in [-0.39, 0.29) is 34.1 Å². The van der Waals surface area contributed by atoms with E-state index >= 15 is 4.39 Å². The Bertz CT molecular complexity index is 2180. The van der Waals surface area contributed by atoms with Crippen LogP contribution in [0.15, 0.2) is 23.8 Å². The number of hydrogen-bond acceptors (Lipinski definition) is 21. The molecule has 288 valence electrons. The number of phosphoric acid groups is 1. The highest BCUT2D eigenvalue weighted by molar-refractivity contribution is 8.55. The lowest BCUT2D eigenvalue weighted by Crippen LogP contribution is -2.35. The monoisotopic (exact) mass is 808 g/mol. The number of aliphatic hydroxyl groups excluding tert-OH is 1. The summed E-state index contributed by atoms with van der Waals surface area (Å²) in [6.45, 7) is -3.25. The lowest BCUT2D eigenvalue weighted by atomic mass is 10.1. The summed E-state index contributed by atoms with van der Waals surface area (Å²) < 4.78 is 90.2. The lowest BCUT2D eigenvalue weighted by Gasteiger charge is -2.27. The van der Waals surface area contributed by atoms with Gasteiger partial charge in [-0.05, 0) is 13.8 Å². The van der Waals surface area contributed by atoms with Crippen molar-refractivity contribution >= 4 is 66.3 Å². The van der Waals surface area contributed by atoms with Gasteiger partial charge in [-0.1, -0.05) is 0 Å². The van der Waals surface area contributed by atoms with Gasteiger partial charge in [-0.25, -0.2) is 38.3 Å². The van der Waals surface area contributed by atoms with Crippen LogP contribution in [0, 0.1) is 0 Å². The van der Waals surface area contributed by atoms with Gasteiger partial charge in [0.2, 0.25) is 5.95 Å². The number of aromatic nitrogens is 8. The van der Waals surface area contributed by atoms with E-state index in [1.807, 2.05) is 0 Å². The predicted octanol–water partition coefficient (Wildman–Crippen LogP) is 0.896. The number of nitrogen functional groups attached to an aromatic ring is 2. The van der Waals surface area contributed by atoms with Crippen molar-refractivity contribution in [3.05, 3.63) is 29.3 Å². The maximum absolute atomic E-state index is 16.3. The number of nitrogens with one attached hydrogen (secondary N) is 1. The first-order chi connectivity index (χ1) is 25.1. The minimum Gasteiger partial charge on any atom is -0.432 e. The highest BCUT2D eigenvalue weighted by Gasteiger charge is 2.55. The topological polar surface area (TPSA) is 325 Å². The van der Waals surface area contributed by atoms with Gasteiger partial charge in [-0.3, -0.25) is 37.0 Å². The van der Waals surface area contributed by atoms with E-state index in [2.05, 4.69) is 29.9 Å². The lowest BCUT2D eigenvalue weighted by molar-refractivity contribution is -0.0619. The Labute approximate surface area is 299 Å². The third kappa shape index (κ3) is 7.49.